The molecule has 0 spiro atoms. The molecule has 0 atom stereocenters. The average molecular weight is 285 g/mol. The van der Waals surface area contributed by atoms with Crippen molar-refractivity contribution in [2.45, 2.75) is 13.3 Å². The van der Waals surface area contributed by atoms with Crippen LogP contribution in [0.2, 0.25) is 0 Å². The van der Waals surface area contributed by atoms with Crippen molar-refractivity contribution in [3.63, 3.8) is 0 Å². The molecule has 2 N–H and O–H groups in total. The standard InChI is InChI=1S/C16H16FN3O/c1-2-7-21-16-9-15(12(18)8-11(16)17)20-10-19-13-5-3-4-6-14(13)20/h3-6,8-10H,2,7,18H2,1H3. The van der Waals surface area contributed by atoms with Gasteiger partial charge in [-0.25, -0.2) is 9.37 Å². The first kappa shape index (κ1) is 13.4. The minimum absolute atomic E-state index is 0.207. The molecule has 5 heteroatoms. The van der Waals surface area contributed by atoms with E-state index in [0.717, 1.165) is 17.5 Å². The predicted molar refractivity (Wildman–Crippen MR) is 81.2 cm³/mol. The molecule has 2 aromatic carbocycles. The highest BCUT2D eigenvalue weighted by atomic mass is 19.1. The lowest BCUT2D eigenvalue weighted by Gasteiger charge is -2.12. The van der Waals surface area contributed by atoms with Gasteiger partial charge in [0.25, 0.3) is 0 Å². The molecule has 108 valence electrons. The topological polar surface area (TPSA) is 53.1 Å². The summed E-state index contributed by atoms with van der Waals surface area (Å²) in [5.41, 5.74) is 8.74. The summed E-state index contributed by atoms with van der Waals surface area (Å²) in [5, 5.41) is 0. The van der Waals surface area contributed by atoms with Crippen LogP contribution in [0, 0.1) is 5.82 Å². The van der Waals surface area contributed by atoms with E-state index in [9.17, 15) is 4.39 Å². The highest BCUT2D eigenvalue weighted by Crippen LogP contribution is 2.29. The minimum atomic E-state index is -0.450. The molecule has 4 nitrogen and oxygen atoms in total. The van der Waals surface area contributed by atoms with E-state index in [-0.39, 0.29) is 5.75 Å². The Morgan fingerprint density at radius 2 is 2.10 bits per heavy atom. The maximum atomic E-state index is 13.9. The molecular formula is C16H16FN3O. The highest BCUT2D eigenvalue weighted by Gasteiger charge is 2.12. The second-order valence-corrected chi connectivity index (χ2v) is 4.79. The molecule has 0 aliphatic rings. The quantitative estimate of drug-likeness (QED) is 0.746. The monoisotopic (exact) mass is 285 g/mol. The Hall–Kier alpha value is -2.56. The zero-order chi connectivity index (χ0) is 14.8. The molecule has 1 heterocycles. The molecule has 0 aliphatic carbocycles. The molecule has 21 heavy (non-hydrogen) atoms. The first-order valence-corrected chi connectivity index (χ1v) is 6.85. The third kappa shape index (κ3) is 2.42. The second-order valence-electron chi connectivity index (χ2n) is 4.79. The maximum absolute atomic E-state index is 13.9. The molecule has 3 aromatic rings. The zero-order valence-corrected chi connectivity index (χ0v) is 11.7. The summed E-state index contributed by atoms with van der Waals surface area (Å²) in [6.45, 7) is 2.43. The Morgan fingerprint density at radius 3 is 2.90 bits per heavy atom. The summed E-state index contributed by atoms with van der Waals surface area (Å²) in [6, 6.07) is 10.6. The number of benzene rings is 2. The van der Waals surface area contributed by atoms with E-state index in [0.29, 0.717) is 18.0 Å². The maximum Gasteiger partial charge on any atom is 0.167 e. The lowest BCUT2D eigenvalue weighted by Crippen LogP contribution is -2.03. The van der Waals surface area contributed by atoms with Gasteiger partial charge in [0.1, 0.15) is 6.33 Å². The predicted octanol–water partition coefficient (Wildman–Crippen LogP) is 3.54. The van der Waals surface area contributed by atoms with Crippen LogP contribution in [0.25, 0.3) is 16.7 Å². The van der Waals surface area contributed by atoms with Crippen molar-refractivity contribution in [2.75, 3.05) is 12.3 Å². The van der Waals surface area contributed by atoms with Gasteiger partial charge in [0.05, 0.1) is 29.0 Å². The smallest absolute Gasteiger partial charge is 0.167 e. The molecule has 0 fully saturated rings. The van der Waals surface area contributed by atoms with Crippen molar-refractivity contribution in [1.29, 1.82) is 0 Å². The van der Waals surface area contributed by atoms with Gasteiger partial charge >= 0.3 is 0 Å². The van der Waals surface area contributed by atoms with Gasteiger partial charge in [0.15, 0.2) is 11.6 Å². The summed E-state index contributed by atoms with van der Waals surface area (Å²) < 4.78 is 21.1. The van der Waals surface area contributed by atoms with Gasteiger partial charge in [-0.3, -0.25) is 4.57 Å². The number of ether oxygens (including phenoxy) is 1. The number of aromatic nitrogens is 2. The average Bonchev–Trinajstić information content (AvgIpc) is 2.90. The summed E-state index contributed by atoms with van der Waals surface area (Å²) in [4.78, 5) is 4.32. The molecule has 0 aliphatic heterocycles. The molecule has 0 radical (unpaired) electrons. The number of nitrogens with two attached hydrogens (primary N) is 1. The normalized spacial score (nSPS) is 11.0. The number of fused-ring (bicyclic) bond motifs is 1. The number of halogens is 1. The Bertz CT molecular complexity index is 782. The minimum Gasteiger partial charge on any atom is -0.490 e. The zero-order valence-electron chi connectivity index (χ0n) is 11.7. The molecule has 0 saturated heterocycles. The van der Waals surface area contributed by atoms with Crippen LogP contribution < -0.4 is 10.5 Å². The number of para-hydroxylation sites is 2. The van der Waals surface area contributed by atoms with E-state index in [1.807, 2.05) is 35.8 Å². The van der Waals surface area contributed by atoms with Gasteiger partial charge in [-0.2, -0.15) is 0 Å². The number of nitrogens with zero attached hydrogens (tertiary/aromatic N) is 2. The van der Waals surface area contributed by atoms with E-state index in [1.165, 1.54) is 6.07 Å². The van der Waals surface area contributed by atoms with Gasteiger partial charge in [-0.05, 0) is 18.6 Å². The SMILES string of the molecule is CCCOc1cc(-n2cnc3ccccc32)c(N)cc1F. The molecule has 0 saturated carbocycles. The summed E-state index contributed by atoms with van der Waals surface area (Å²) >= 11 is 0. The Morgan fingerprint density at radius 1 is 1.29 bits per heavy atom. The fourth-order valence-corrected chi connectivity index (χ4v) is 2.24. The first-order valence-electron chi connectivity index (χ1n) is 6.85. The number of anilines is 1. The highest BCUT2D eigenvalue weighted by molar-refractivity contribution is 5.79. The number of imidazole rings is 1. The van der Waals surface area contributed by atoms with Crippen LogP contribution in [0.5, 0.6) is 5.75 Å². The van der Waals surface area contributed by atoms with Crippen LogP contribution >= 0.6 is 0 Å². The molecular weight excluding hydrogens is 269 g/mol. The molecule has 0 bridgehead atoms. The van der Waals surface area contributed by atoms with Crippen LogP contribution in [0.1, 0.15) is 13.3 Å². The van der Waals surface area contributed by atoms with E-state index in [2.05, 4.69) is 4.98 Å². The van der Waals surface area contributed by atoms with E-state index < -0.39 is 5.82 Å². The van der Waals surface area contributed by atoms with Crippen LogP contribution in [0.3, 0.4) is 0 Å². The summed E-state index contributed by atoms with van der Waals surface area (Å²) in [5.74, 6) is -0.243. The van der Waals surface area contributed by atoms with E-state index in [1.54, 1.807) is 12.4 Å². The summed E-state index contributed by atoms with van der Waals surface area (Å²) in [6.07, 6.45) is 2.49. The van der Waals surface area contributed by atoms with Crippen LogP contribution in [-0.4, -0.2) is 16.2 Å². The van der Waals surface area contributed by atoms with Crippen molar-refractivity contribution >= 4 is 16.7 Å². The van der Waals surface area contributed by atoms with Crippen LogP contribution in [-0.2, 0) is 0 Å². The van der Waals surface area contributed by atoms with Gasteiger partial charge in [-0.15, -0.1) is 0 Å². The second kappa shape index (κ2) is 5.44. The van der Waals surface area contributed by atoms with Crippen molar-refractivity contribution in [2.24, 2.45) is 0 Å². The third-order valence-corrected chi connectivity index (χ3v) is 3.26. The van der Waals surface area contributed by atoms with Crippen molar-refractivity contribution in [3.05, 3.63) is 48.5 Å². The van der Waals surface area contributed by atoms with Crippen molar-refractivity contribution in [3.8, 4) is 11.4 Å². The van der Waals surface area contributed by atoms with Gasteiger partial charge < -0.3 is 10.5 Å². The number of hydrogen-bond acceptors (Lipinski definition) is 3. The summed E-state index contributed by atoms with van der Waals surface area (Å²) in [7, 11) is 0. The Balaban J connectivity index is 2.13. The molecule has 3 rings (SSSR count). The van der Waals surface area contributed by atoms with E-state index in [4.69, 9.17) is 10.5 Å². The fourth-order valence-electron chi connectivity index (χ4n) is 2.24. The third-order valence-electron chi connectivity index (χ3n) is 3.26. The molecule has 0 amide bonds. The number of nitrogen functional groups attached to an aromatic ring is 1. The largest absolute Gasteiger partial charge is 0.490 e. The Labute approximate surface area is 122 Å². The van der Waals surface area contributed by atoms with Crippen LogP contribution in [0.15, 0.2) is 42.7 Å². The number of hydrogen-bond donors (Lipinski definition) is 1. The number of rotatable bonds is 4. The fraction of sp³-hybridized carbons (Fsp3) is 0.188. The molecule has 1 aromatic heterocycles. The van der Waals surface area contributed by atoms with Gasteiger partial charge in [-0.1, -0.05) is 19.1 Å². The van der Waals surface area contributed by atoms with Crippen molar-refractivity contribution < 1.29 is 9.13 Å². The van der Waals surface area contributed by atoms with Crippen molar-refractivity contribution in [1.82, 2.24) is 9.55 Å². The van der Waals surface area contributed by atoms with Gasteiger partial charge in [0.2, 0.25) is 0 Å². The van der Waals surface area contributed by atoms with E-state index >= 15 is 0 Å². The van der Waals surface area contributed by atoms with Gasteiger partial charge in [0, 0.05) is 12.1 Å². The van der Waals surface area contributed by atoms with Crippen LogP contribution in [0.4, 0.5) is 10.1 Å². The molecule has 0 unspecified atom stereocenters. The first-order chi connectivity index (χ1) is 10.2. The lowest BCUT2D eigenvalue weighted by molar-refractivity contribution is 0.301. The lowest BCUT2D eigenvalue weighted by atomic mass is 10.2. The Kier molecular flexibility index (Phi) is 3.48.